The van der Waals surface area contributed by atoms with Crippen molar-refractivity contribution in [3.05, 3.63) is 35.4 Å². The van der Waals surface area contributed by atoms with Gasteiger partial charge in [0.2, 0.25) is 0 Å². The minimum atomic E-state index is 0.252. The van der Waals surface area contributed by atoms with Gasteiger partial charge < -0.3 is 0 Å². The van der Waals surface area contributed by atoms with Gasteiger partial charge in [-0.2, -0.15) is 0 Å². The van der Waals surface area contributed by atoms with E-state index in [1.54, 1.807) is 0 Å². The molecule has 1 saturated carbocycles. The number of ketones is 1. The van der Waals surface area contributed by atoms with Crippen LogP contribution < -0.4 is 0 Å². The van der Waals surface area contributed by atoms with Crippen LogP contribution in [0.2, 0.25) is 0 Å². The molecule has 17 heavy (non-hydrogen) atoms. The van der Waals surface area contributed by atoms with Gasteiger partial charge in [-0.05, 0) is 43.6 Å². The van der Waals surface area contributed by atoms with Gasteiger partial charge in [0.05, 0.1) is 0 Å². The lowest BCUT2D eigenvalue weighted by Gasteiger charge is -2.31. The molecule has 0 saturated heterocycles. The number of hydrogen-bond donors (Lipinski definition) is 0. The van der Waals surface area contributed by atoms with Crippen molar-refractivity contribution < 1.29 is 4.79 Å². The number of aryl methyl sites for hydroxylation is 1. The normalized spacial score (nSPS) is 29.0. The zero-order valence-electron chi connectivity index (χ0n) is 11.1. The van der Waals surface area contributed by atoms with Gasteiger partial charge in [-0.25, -0.2) is 0 Å². The first kappa shape index (κ1) is 12.3. The molecule has 1 aromatic rings. The quantitative estimate of drug-likeness (QED) is 0.694. The summed E-state index contributed by atoms with van der Waals surface area (Å²) < 4.78 is 0. The van der Waals surface area contributed by atoms with E-state index in [2.05, 4.69) is 13.8 Å². The van der Waals surface area contributed by atoms with E-state index in [9.17, 15) is 4.79 Å². The molecule has 3 unspecified atom stereocenters. The Morgan fingerprint density at radius 2 is 1.82 bits per heavy atom. The van der Waals surface area contributed by atoms with Gasteiger partial charge in [-0.3, -0.25) is 4.79 Å². The summed E-state index contributed by atoms with van der Waals surface area (Å²) >= 11 is 0. The maximum Gasteiger partial charge on any atom is 0.166 e. The molecule has 0 spiro atoms. The van der Waals surface area contributed by atoms with Crippen molar-refractivity contribution in [3.63, 3.8) is 0 Å². The third-order valence-electron chi connectivity index (χ3n) is 4.38. The summed E-state index contributed by atoms with van der Waals surface area (Å²) in [6.07, 6.45) is 3.33. The van der Waals surface area contributed by atoms with E-state index in [1.165, 1.54) is 6.42 Å². The first-order valence-corrected chi connectivity index (χ1v) is 6.69. The molecular weight excluding hydrogens is 208 g/mol. The third kappa shape index (κ3) is 2.59. The van der Waals surface area contributed by atoms with Crippen LogP contribution in [0.3, 0.4) is 0 Å². The Balaban J connectivity index is 2.14. The molecule has 1 nitrogen and oxygen atoms in total. The summed E-state index contributed by atoms with van der Waals surface area (Å²) in [6, 6.07) is 7.97. The second kappa shape index (κ2) is 5.03. The van der Waals surface area contributed by atoms with Crippen molar-refractivity contribution in [3.8, 4) is 0 Å². The fraction of sp³-hybridized carbons (Fsp3) is 0.562. The Hall–Kier alpha value is -1.11. The number of hydrogen-bond acceptors (Lipinski definition) is 1. The van der Waals surface area contributed by atoms with Crippen LogP contribution in [0.25, 0.3) is 0 Å². The number of benzene rings is 1. The van der Waals surface area contributed by atoms with Crippen molar-refractivity contribution >= 4 is 5.78 Å². The average molecular weight is 230 g/mol. The van der Waals surface area contributed by atoms with Crippen molar-refractivity contribution in [2.75, 3.05) is 0 Å². The van der Waals surface area contributed by atoms with E-state index in [1.807, 2.05) is 31.2 Å². The van der Waals surface area contributed by atoms with E-state index in [0.29, 0.717) is 11.7 Å². The SMILES string of the molecule is Cc1ccccc1C(=O)C1CCC(C)C(C)C1. The smallest absolute Gasteiger partial charge is 0.166 e. The number of carbonyl (C=O) groups excluding carboxylic acids is 1. The highest BCUT2D eigenvalue weighted by Gasteiger charge is 2.29. The Labute approximate surface area is 104 Å². The first-order valence-electron chi connectivity index (χ1n) is 6.69. The molecular formula is C16H22O. The second-order valence-electron chi connectivity index (χ2n) is 5.64. The van der Waals surface area contributed by atoms with Crippen LogP contribution in [0.15, 0.2) is 24.3 Å². The second-order valence-corrected chi connectivity index (χ2v) is 5.64. The van der Waals surface area contributed by atoms with Crippen LogP contribution in [0.1, 0.15) is 49.0 Å². The molecule has 0 N–H and O–H groups in total. The fourth-order valence-electron chi connectivity index (χ4n) is 2.85. The van der Waals surface area contributed by atoms with E-state index >= 15 is 0 Å². The van der Waals surface area contributed by atoms with Gasteiger partial charge in [-0.1, -0.05) is 38.1 Å². The van der Waals surface area contributed by atoms with Crippen LogP contribution in [0.5, 0.6) is 0 Å². The molecule has 0 heterocycles. The summed E-state index contributed by atoms with van der Waals surface area (Å²) in [6.45, 7) is 6.61. The molecule has 1 heteroatoms. The lowest BCUT2D eigenvalue weighted by molar-refractivity contribution is 0.0837. The lowest BCUT2D eigenvalue weighted by atomic mass is 9.73. The monoisotopic (exact) mass is 230 g/mol. The molecule has 0 radical (unpaired) electrons. The Morgan fingerprint density at radius 3 is 2.47 bits per heavy atom. The Bertz CT molecular complexity index is 408. The highest BCUT2D eigenvalue weighted by Crippen LogP contribution is 2.35. The van der Waals surface area contributed by atoms with Gasteiger partial charge >= 0.3 is 0 Å². The summed E-state index contributed by atoms with van der Waals surface area (Å²) in [5.41, 5.74) is 2.04. The van der Waals surface area contributed by atoms with Crippen molar-refractivity contribution in [2.45, 2.75) is 40.0 Å². The molecule has 92 valence electrons. The predicted octanol–water partition coefficient (Wildman–Crippen LogP) is 4.25. The van der Waals surface area contributed by atoms with Crippen LogP contribution in [0.4, 0.5) is 0 Å². The zero-order valence-corrected chi connectivity index (χ0v) is 11.1. The van der Waals surface area contributed by atoms with E-state index < -0.39 is 0 Å². The highest BCUT2D eigenvalue weighted by atomic mass is 16.1. The zero-order chi connectivity index (χ0) is 12.4. The van der Waals surface area contributed by atoms with Gasteiger partial charge in [-0.15, -0.1) is 0 Å². The number of carbonyl (C=O) groups is 1. The van der Waals surface area contributed by atoms with Gasteiger partial charge in [0.15, 0.2) is 5.78 Å². The molecule has 0 bridgehead atoms. The topological polar surface area (TPSA) is 17.1 Å². The van der Waals surface area contributed by atoms with Gasteiger partial charge in [0.1, 0.15) is 0 Å². The largest absolute Gasteiger partial charge is 0.294 e. The van der Waals surface area contributed by atoms with Crippen LogP contribution in [0, 0.1) is 24.7 Å². The van der Waals surface area contributed by atoms with Crippen molar-refractivity contribution in [1.82, 2.24) is 0 Å². The molecule has 1 aliphatic carbocycles. The molecule has 0 aliphatic heterocycles. The van der Waals surface area contributed by atoms with Crippen molar-refractivity contribution in [2.24, 2.45) is 17.8 Å². The Morgan fingerprint density at radius 1 is 1.12 bits per heavy atom. The maximum absolute atomic E-state index is 12.5. The van der Waals surface area contributed by atoms with Crippen LogP contribution in [-0.2, 0) is 0 Å². The Kier molecular flexibility index (Phi) is 3.66. The molecule has 0 amide bonds. The molecule has 1 aliphatic rings. The predicted molar refractivity (Wildman–Crippen MR) is 71.2 cm³/mol. The molecule has 0 aromatic heterocycles. The minimum Gasteiger partial charge on any atom is -0.294 e. The first-order chi connectivity index (χ1) is 8.09. The molecule has 2 rings (SSSR count). The van der Waals surface area contributed by atoms with Gasteiger partial charge in [0.25, 0.3) is 0 Å². The van der Waals surface area contributed by atoms with E-state index in [-0.39, 0.29) is 5.92 Å². The van der Waals surface area contributed by atoms with E-state index in [0.717, 1.165) is 29.9 Å². The minimum absolute atomic E-state index is 0.252. The molecule has 1 fully saturated rings. The highest BCUT2D eigenvalue weighted by molar-refractivity contribution is 5.99. The summed E-state index contributed by atoms with van der Waals surface area (Å²) in [4.78, 5) is 12.5. The number of rotatable bonds is 2. The fourth-order valence-corrected chi connectivity index (χ4v) is 2.85. The van der Waals surface area contributed by atoms with Crippen LogP contribution >= 0.6 is 0 Å². The summed E-state index contributed by atoms with van der Waals surface area (Å²) in [5, 5.41) is 0. The summed E-state index contributed by atoms with van der Waals surface area (Å²) in [7, 11) is 0. The summed E-state index contributed by atoms with van der Waals surface area (Å²) in [5.74, 6) is 2.07. The van der Waals surface area contributed by atoms with Crippen LogP contribution in [-0.4, -0.2) is 5.78 Å². The third-order valence-corrected chi connectivity index (χ3v) is 4.38. The van der Waals surface area contributed by atoms with Crippen molar-refractivity contribution in [1.29, 1.82) is 0 Å². The van der Waals surface area contributed by atoms with E-state index in [4.69, 9.17) is 0 Å². The molecule has 3 atom stereocenters. The maximum atomic E-state index is 12.5. The average Bonchev–Trinajstić information content (AvgIpc) is 2.32. The van der Waals surface area contributed by atoms with Gasteiger partial charge in [0, 0.05) is 11.5 Å². The number of Topliss-reactive ketones (excluding diaryl/α,β-unsaturated/α-hetero) is 1. The lowest BCUT2D eigenvalue weighted by Crippen LogP contribution is -2.26. The molecule has 1 aromatic carbocycles. The standard InChI is InChI=1S/C16H22O/c1-11-8-9-14(10-13(11)3)16(17)15-7-5-4-6-12(15)2/h4-7,11,13-14H,8-10H2,1-3H3.